The molecule has 41 heavy (non-hydrogen) atoms. The number of hydrogen-bond donors (Lipinski definition) is 1. The summed E-state index contributed by atoms with van der Waals surface area (Å²) < 4.78 is 11.7. The standard InChI is InChI=1S/C36H52N2O3/c1-29(2)26-32(20-13-15-25-40-28-31-18-10-7-11-19-31)37-33(23-22-30-16-8-6-9-17-30)27-34-21-12-14-24-38(34)35(39)41-36(3,4)5/h6-11,16-19,22-23,32-34,37H,1,12-15,20-21,24-28H2,2-5H3/b23-22+/t32-,33?,34?/m0/s1. The van der Waals surface area contributed by atoms with E-state index in [0.29, 0.717) is 12.6 Å². The fraction of sp³-hybridized carbons (Fsp3) is 0.528. The number of ether oxygens (including phenoxy) is 2. The number of amides is 1. The molecule has 1 N–H and O–H groups in total. The van der Waals surface area contributed by atoms with Crippen molar-refractivity contribution in [3.8, 4) is 0 Å². The van der Waals surface area contributed by atoms with Crippen molar-refractivity contribution in [2.75, 3.05) is 13.2 Å². The number of rotatable bonds is 15. The number of hydrogen-bond acceptors (Lipinski definition) is 4. The molecule has 0 spiro atoms. The number of carbonyl (C=O) groups excluding carboxylic acids is 1. The number of likely N-dealkylation sites (tertiary alicyclic amines) is 1. The number of carbonyl (C=O) groups is 1. The molecule has 5 heteroatoms. The van der Waals surface area contributed by atoms with Crippen LogP contribution in [0.15, 0.2) is 78.9 Å². The first-order valence-corrected chi connectivity index (χ1v) is 15.4. The summed E-state index contributed by atoms with van der Waals surface area (Å²) in [4.78, 5) is 15.1. The smallest absolute Gasteiger partial charge is 0.410 e. The van der Waals surface area contributed by atoms with Crippen molar-refractivity contribution in [1.29, 1.82) is 0 Å². The summed E-state index contributed by atoms with van der Waals surface area (Å²) in [5.74, 6) is 0. The minimum atomic E-state index is -0.499. The van der Waals surface area contributed by atoms with E-state index in [1.54, 1.807) is 0 Å². The minimum Gasteiger partial charge on any atom is -0.444 e. The minimum absolute atomic E-state index is 0.127. The van der Waals surface area contributed by atoms with Gasteiger partial charge in [0.2, 0.25) is 0 Å². The van der Waals surface area contributed by atoms with Gasteiger partial charge in [0, 0.05) is 31.3 Å². The molecule has 1 aliphatic rings. The van der Waals surface area contributed by atoms with Gasteiger partial charge in [-0.25, -0.2) is 4.79 Å². The molecule has 1 amide bonds. The topological polar surface area (TPSA) is 50.8 Å². The van der Waals surface area contributed by atoms with E-state index in [1.807, 2.05) is 37.8 Å². The molecular weight excluding hydrogens is 508 g/mol. The number of benzene rings is 2. The average Bonchev–Trinajstić information content (AvgIpc) is 2.93. The van der Waals surface area contributed by atoms with Crippen LogP contribution in [0, 0.1) is 0 Å². The van der Waals surface area contributed by atoms with Gasteiger partial charge >= 0.3 is 6.09 Å². The van der Waals surface area contributed by atoms with Crippen molar-refractivity contribution in [3.05, 3.63) is 90.0 Å². The van der Waals surface area contributed by atoms with Crippen molar-refractivity contribution >= 4 is 12.2 Å². The van der Waals surface area contributed by atoms with E-state index in [0.717, 1.165) is 64.5 Å². The fourth-order valence-electron chi connectivity index (χ4n) is 5.42. The van der Waals surface area contributed by atoms with Crippen LogP contribution in [-0.2, 0) is 16.1 Å². The van der Waals surface area contributed by atoms with Crippen LogP contribution in [0.25, 0.3) is 6.08 Å². The molecule has 0 aromatic heterocycles. The Labute approximate surface area is 249 Å². The zero-order chi connectivity index (χ0) is 29.5. The van der Waals surface area contributed by atoms with Gasteiger partial charge in [-0.15, -0.1) is 6.58 Å². The summed E-state index contributed by atoms with van der Waals surface area (Å²) in [6.07, 6.45) is 12.4. The summed E-state index contributed by atoms with van der Waals surface area (Å²) >= 11 is 0. The molecule has 1 saturated heterocycles. The van der Waals surface area contributed by atoms with E-state index >= 15 is 0 Å². The predicted octanol–water partition coefficient (Wildman–Crippen LogP) is 8.56. The SMILES string of the molecule is C=C(C)C[C@H](CCCCOCc1ccccc1)NC(/C=C/c1ccccc1)CC1CCCCN1C(=O)OC(C)(C)C. The fourth-order valence-corrected chi connectivity index (χ4v) is 5.42. The van der Waals surface area contributed by atoms with E-state index in [-0.39, 0.29) is 18.2 Å². The summed E-state index contributed by atoms with van der Waals surface area (Å²) in [5, 5.41) is 3.96. The quantitative estimate of drug-likeness (QED) is 0.175. The van der Waals surface area contributed by atoms with Crippen LogP contribution >= 0.6 is 0 Å². The highest BCUT2D eigenvalue weighted by molar-refractivity contribution is 5.68. The Bertz CT molecular complexity index is 1060. The van der Waals surface area contributed by atoms with E-state index < -0.39 is 5.60 Å². The third kappa shape index (κ3) is 13.1. The predicted molar refractivity (Wildman–Crippen MR) is 171 cm³/mol. The second-order valence-electron chi connectivity index (χ2n) is 12.5. The van der Waals surface area contributed by atoms with Crippen LogP contribution in [0.1, 0.15) is 90.2 Å². The van der Waals surface area contributed by atoms with Crippen molar-refractivity contribution in [2.24, 2.45) is 0 Å². The van der Waals surface area contributed by atoms with Gasteiger partial charge in [-0.2, -0.15) is 0 Å². The normalized spacial score (nSPS) is 17.4. The lowest BCUT2D eigenvalue weighted by atomic mass is 9.94. The Morgan fingerprint density at radius 2 is 1.78 bits per heavy atom. The Morgan fingerprint density at radius 3 is 2.46 bits per heavy atom. The molecule has 0 saturated carbocycles. The Hall–Kier alpha value is -2.89. The lowest BCUT2D eigenvalue weighted by Crippen LogP contribution is -2.49. The third-order valence-electron chi connectivity index (χ3n) is 7.35. The molecule has 1 aliphatic heterocycles. The van der Waals surface area contributed by atoms with E-state index in [1.165, 1.54) is 16.7 Å². The number of piperidine rings is 1. The lowest BCUT2D eigenvalue weighted by Gasteiger charge is -2.38. The van der Waals surface area contributed by atoms with Gasteiger partial charge < -0.3 is 19.7 Å². The number of unbranched alkanes of at least 4 members (excludes halogenated alkanes) is 1. The maximum absolute atomic E-state index is 13.1. The van der Waals surface area contributed by atoms with Gasteiger partial charge in [0.1, 0.15) is 5.60 Å². The number of nitrogens with one attached hydrogen (secondary N) is 1. The van der Waals surface area contributed by atoms with Crippen LogP contribution < -0.4 is 5.32 Å². The molecule has 2 aromatic carbocycles. The largest absolute Gasteiger partial charge is 0.444 e. The van der Waals surface area contributed by atoms with Crippen LogP contribution in [0.2, 0.25) is 0 Å². The molecule has 0 radical (unpaired) electrons. The van der Waals surface area contributed by atoms with Crippen molar-refractivity contribution in [1.82, 2.24) is 10.2 Å². The van der Waals surface area contributed by atoms with Gasteiger partial charge in [0.15, 0.2) is 0 Å². The molecule has 224 valence electrons. The van der Waals surface area contributed by atoms with Gasteiger partial charge in [-0.05, 0) is 90.2 Å². The second-order valence-corrected chi connectivity index (χ2v) is 12.5. The summed E-state index contributed by atoms with van der Waals surface area (Å²) in [6, 6.07) is 21.4. The maximum atomic E-state index is 13.1. The van der Waals surface area contributed by atoms with Crippen LogP contribution in [0.5, 0.6) is 0 Å². The molecular formula is C36H52N2O3. The molecule has 2 aromatic rings. The molecule has 1 heterocycles. The first kappa shape index (κ1) is 32.6. The molecule has 3 atom stereocenters. The molecule has 3 rings (SSSR count). The van der Waals surface area contributed by atoms with Crippen molar-refractivity contribution in [3.63, 3.8) is 0 Å². The second kappa shape index (κ2) is 17.2. The Morgan fingerprint density at radius 1 is 1.07 bits per heavy atom. The molecule has 0 aliphatic carbocycles. The summed E-state index contributed by atoms with van der Waals surface area (Å²) in [7, 11) is 0. The van der Waals surface area contributed by atoms with Gasteiger partial charge in [-0.1, -0.05) is 78.4 Å². The Kier molecular flexibility index (Phi) is 13.6. The average molecular weight is 561 g/mol. The van der Waals surface area contributed by atoms with E-state index in [4.69, 9.17) is 9.47 Å². The monoisotopic (exact) mass is 560 g/mol. The van der Waals surface area contributed by atoms with Gasteiger partial charge in [0.25, 0.3) is 0 Å². The van der Waals surface area contributed by atoms with E-state index in [9.17, 15) is 4.79 Å². The lowest BCUT2D eigenvalue weighted by molar-refractivity contribution is 0.00810. The maximum Gasteiger partial charge on any atom is 0.410 e. The zero-order valence-electron chi connectivity index (χ0n) is 25.8. The summed E-state index contributed by atoms with van der Waals surface area (Å²) in [5.41, 5.74) is 3.08. The molecule has 1 fully saturated rings. The third-order valence-corrected chi connectivity index (χ3v) is 7.35. The molecule has 0 bridgehead atoms. The van der Waals surface area contributed by atoms with Crippen LogP contribution in [0.3, 0.4) is 0 Å². The Balaban J connectivity index is 1.64. The highest BCUT2D eigenvalue weighted by Crippen LogP contribution is 2.25. The first-order valence-electron chi connectivity index (χ1n) is 15.4. The highest BCUT2D eigenvalue weighted by Gasteiger charge is 2.32. The highest BCUT2D eigenvalue weighted by atomic mass is 16.6. The van der Waals surface area contributed by atoms with E-state index in [2.05, 4.69) is 79.5 Å². The molecule has 5 nitrogen and oxygen atoms in total. The van der Waals surface area contributed by atoms with Crippen LogP contribution in [-0.4, -0.2) is 47.9 Å². The molecule has 2 unspecified atom stereocenters. The van der Waals surface area contributed by atoms with Crippen molar-refractivity contribution < 1.29 is 14.3 Å². The summed E-state index contributed by atoms with van der Waals surface area (Å²) in [6.45, 7) is 14.3. The van der Waals surface area contributed by atoms with Crippen molar-refractivity contribution in [2.45, 2.75) is 109 Å². The number of nitrogens with zero attached hydrogens (tertiary/aromatic N) is 1. The van der Waals surface area contributed by atoms with Crippen LogP contribution in [0.4, 0.5) is 4.79 Å². The zero-order valence-corrected chi connectivity index (χ0v) is 25.8. The first-order chi connectivity index (χ1) is 19.7. The van der Waals surface area contributed by atoms with Gasteiger partial charge in [-0.3, -0.25) is 0 Å². The van der Waals surface area contributed by atoms with Gasteiger partial charge in [0.05, 0.1) is 6.61 Å².